The molecular weight excluding hydrogens is 383 g/mol. The van der Waals surface area contributed by atoms with Gasteiger partial charge in [-0.05, 0) is 29.8 Å². The molecule has 1 unspecified atom stereocenters. The lowest BCUT2D eigenvalue weighted by Crippen LogP contribution is -2.35. The van der Waals surface area contributed by atoms with E-state index >= 15 is 0 Å². The van der Waals surface area contributed by atoms with Crippen LogP contribution >= 0.6 is 0 Å². The maximum absolute atomic E-state index is 14.0. The summed E-state index contributed by atoms with van der Waals surface area (Å²) >= 11 is 0. The number of carbonyl (C=O) groups is 1. The van der Waals surface area contributed by atoms with Crippen LogP contribution < -0.4 is 10.1 Å². The highest BCUT2D eigenvalue weighted by Gasteiger charge is 2.27. The number of nitrogens with one attached hydrogen (secondary N) is 1. The maximum atomic E-state index is 14.0. The van der Waals surface area contributed by atoms with Gasteiger partial charge in [0.05, 0.1) is 13.0 Å². The van der Waals surface area contributed by atoms with Gasteiger partial charge in [0.25, 0.3) is 0 Å². The molecule has 1 aliphatic heterocycles. The first kappa shape index (κ1) is 18.9. The van der Waals surface area contributed by atoms with Gasteiger partial charge < -0.3 is 10.1 Å². The number of aromatic nitrogens is 2. The molecule has 1 aliphatic rings. The molecule has 3 aromatic rings. The molecule has 2 heterocycles. The van der Waals surface area contributed by atoms with Crippen molar-refractivity contribution in [1.29, 1.82) is 0 Å². The second kappa shape index (κ2) is 7.90. The third-order valence-electron chi connectivity index (χ3n) is 4.61. The summed E-state index contributed by atoms with van der Waals surface area (Å²) in [6.45, 7) is 0.198. The fraction of sp³-hybridized carbons (Fsp3) is 0.190. The van der Waals surface area contributed by atoms with Crippen molar-refractivity contribution in [3.05, 3.63) is 77.6 Å². The average Bonchev–Trinajstić information content (AvgIpc) is 3.12. The minimum absolute atomic E-state index is 0.0852. The summed E-state index contributed by atoms with van der Waals surface area (Å²) in [5, 5.41) is 2.72. The molecule has 1 aromatic heterocycles. The Balaban J connectivity index is 1.41. The van der Waals surface area contributed by atoms with E-state index in [-0.39, 0.29) is 25.0 Å². The number of amides is 1. The summed E-state index contributed by atoms with van der Waals surface area (Å²) in [5.74, 6) is -2.16. The largest absolute Gasteiger partial charge is 0.487 e. The first-order chi connectivity index (χ1) is 14.0. The fourth-order valence-electron chi connectivity index (χ4n) is 3.29. The van der Waals surface area contributed by atoms with E-state index in [4.69, 9.17) is 4.74 Å². The number of nitrogens with zero attached hydrogens (tertiary/aromatic N) is 2. The molecule has 0 aliphatic carbocycles. The molecule has 0 radical (unpaired) electrons. The van der Waals surface area contributed by atoms with Crippen molar-refractivity contribution in [3.63, 3.8) is 0 Å². The molecule has 29 heavy (non-hydrogen) atoms. The summed E-state index contributed by atoms with van der Waals surface area (Å²) in [6.07, 6.45) is 4.50. The van der Waals surface area contributed by atoms with E-state index in [1.807, 2.05) is 0 Å². The summed E-state index contributed by atoms with van der Waals surface area (Å²) in [7, 11) is 0. The Morgan fingerprint density at radius 3 is 2.66 bits per heavy atom. The number of hydrogen-bond donors (Lipinski definition) is 1. The number of carbonyl (C=O) groups excluding carboxylic acids is 1. The van der Waals surface area contributed by atoms with Crippen LogP contribution in [0.15, 0.2) is 49.1 Å². The van der Waals surface area contributed by atoms with Gasteiger partial charge in [-0.2, -0.15) is 0 Å². The maximum Gasteiger partial charge on any atom is 0.224 e. The number of benzene rings is 2. The van der Waals surface area contributed by atoms with E-state index in [0.29, 0.717) is 34.4 Å². The molecule has 148 valence electrons. The summed E-state index contributed by atoms with van der Waals surface area (Å²) in [6, 6.07) is 6.11. The van der Waals surface area contributed by atoms with Crippen molar-refractivity contribution in [1.82, 2.24) is 15.3 Å². The topological polar surface area (TPSA) is 64.1 Å². The molecule has 8 heteroatoms. The molecule has 0 bridgehead atoms. The van der Waals surface area contributed by atoms with Gasteiger partial charge in [-0.25, -0.2) is 23.1 Å². The SMILES string of the molecule is O=C(Cc1ccc(F)c(F)c1)NCC1Cc2cc(F)cc(-c3cncnc3)c2O1. The Hall–Kier alpha value is -3.42. The molecule has 0 spiro atoms. The number of hydrogen-bond acceptors (Lipinski definition) is 4. The van der Waals surface area contributed by atoms with Gasteiger partial charge in [-0.15, -0.1) is 0 Å². The molecule has 0 saturated heterocycles. The second-order valence-electron chi connectivity index (χ2n) is 6.74. The highest BCUT2D eigenvalue weighted by atomic mass is 19.2. The van der Waals surface area contributed by atoms with Crippen molar-refractivity contribution >= 4 is 5.91 Å². The van der Waals surface area contributed by atoms with Crippen LogP contribution in [-0.4, -0.2) is 28.5 Å². The molecule has 1 amide bonds. The standard InChI is InChI=1S/C21H16F3N3O2/c22-15-5-13-6-16(29-21(13)17(7-15)14-8-25-11-26-9-14)10-27-20(28)4-12-1-2-18(23)19(24)3-12/h1-3,5,7-9,11,16H,4,6,10H2,(H,27,28). The molecule has 5 nitrogen and oxygen atoms in total. The summed E-state index contributed by atoms with van der Waals surface area (Å²) < 4.78 is 46.2. The predicted octanol–water partition coefficient (Wildman–Crippen LogP) is 3.22. The van der Waals surface area contributed by atoms with Crippen LogP contribution in [0.25, 0.3) is 11.1 Å². The summed E-state index contributed by atoms with van der Waals surface area (Å²) in [4.78, 5) is 20.0. The van der Waals surface area contributed by atoms with Crippen molar-refractivity contribution in [2.24, 2.45) is 0 Å². The monoisotopic (exact) mass is 399 g/mol. The van der Waals surface area contributed by atoms with Gasteiger partial charge in [0.1, 0.15) is 24.0 Å². The molecule has 2 aromatic carbocycles. The fourth-order valence-corrected chi connectivity index (χ4v) is 3.29. The average molecular weight is 399 g/mol. The van der Waals surface area contributed by atoms with Gasteiger partial charge >= 0.3 is 0 Å². The zero-order valence-corrected chi connectivity index (χ0v) is 15.2. The molecule has 4 rings (SSSR count). The molecule has 0 saturated carbocycles. The van der Waals surface area contributed by atoms with Gasteiger partial charge in [-0.3, -0.25) is 4.79 Å². The lowest BCUT2D eigenvalue weighted by Gasteiger charge is -2.13. The third kappa shape index (κ3) is 4.21. The Kier molecular flexibility index (Phi) is 5.16. The van der Waals surface area contributed by atoms with E-state index in [0.717, 1.165) is 12.1 Å². The quantitative estimate of drug-likeness (QED) is 0.716. The molecule has 0 fully saturated rings. The first-order valence-electron chi connectivity index (χ1n) is 8.94. The van der Waals surface area contributed by atoms with Gasteiger partial charge in [-0.1, -0.05) is 6.07 Å². The van der Waals surface area contributed by atoms with E-state index in [2.05, 4.69) is 15.3 Å². The van der Waals surface area contributed by atoms with Crippen molar-refractivity contribution in [3.8, 4) is 16.9 Å². The smallest absolute Gasteiger partial charge is 0.224 e. The van der Waals surface area contributed by atoms with Crippen molar-refractivity contribution in [2.45, 2.75) is 18.9 Å². The zero-order valence-electron chi connectivity index (χ0n) is 15.2. The van der Waals surface area contributed by atoms with E-state index in [9.17, 15) is 18.0 Å². The van der Waals surface area contributed by atoms with Crippen LogP contribution in [0.3, 0.4) is 0 Å². The lowest BCUT2D eigenvalue weighted by atomic mass is 10.0. The van der Waals surface area contributed by atoms with Crippen LogP contribution in [0.4, 0.5) is 13.2 Å². The number of ether oxygens (including phenoxy) is 1. The third-order valence-corrected chi connectivity index (χ3v) is 4.61. The summed E-state index contributed by atoms with van der Waals surface area (Å²) in [5.41, 5.74) is 2.25. The van der Waals surface area contributed by atoms with Gasteiger partial charge in [0.2, 0.25) is 5.91 Å². The van der Waals surface area contributed by atoms with Crippen LogP contribution in [0.1, 0.15) is 11.1 Å². The van der Waals surface area contributed by atoms with Crippen LogP contribution in [0.2, 0.25) is 0 Å². The predicted molar refractivity (Wildman–Crippen MR) is 98.6 cm³/mol. The van der Waals surface area contributed by atoms with Crippen LogP contribution in [0.5, 0.6) is 5.75 Å². The Labute approximate surface area is 164 Å². The number of rotatable bonds is 5. The van der Waals surface area contributed by atoms with Gasteiger partial charge in [0.15, 0.2) is 11.6 Å². The first-order valence-corrected chi connectivity index (χ1v) is 8.94. The molecule has 1 N–H and O–H groups in total. The van der Waals surface area contributed by atoms with Crippen LogP contribution in [0, 0.1) is 17.5 Å². The normalized spacial score (nSPS) is 14.9. The molecular formula is C21H16F3N3O2. The van der Waals surface area contributed by atoms with E-state index in [1.54, 1.807) is 12.4 Å². The highest BCUT2D eigenvalue weighted by molar-refractivity contribution is 5.78. The Morgan fingerprint density at radius 1 is 1.10 bits per heavy atom. The zero-order chi connectivity index (χ0) is 20.4. The van der Waals surface area contributed by atoms with E-state index in [1.165, 1.54) is 24.5 Å². The van der Waals surface area contributed by atoms with Crippen molar-refractivity contribution < 1.29 is 22.7 Å². The van der Waals surface area contributed by atoms with Crippen LogP contribution in [-0.2, 0) is 17.6 Å². The Morgan fingerprint density at radius 2 is 1.90 bits per heavy atom. The molecule has 1 atom stereocenters. The highest BCUT2D eigenvalue weighted by Crippen LogP contribution is 2.39. The number of fused-ring (bicyclic) bond motifs is 1. The van der Waals surface area contributed by atoms with E-state index < -0.39 is 17.5 Å². The minimum Gasteiger partial charge on any atom is -0.487 e. The lowest BCUT2D eigenvalue weighted by molar-refractivity contribution is -0.120. The number of halogens is 3. The second-order valence-corrected chi connectivity index (χ2v) is 6.74. The Bertz CT molecular complexity index is 1060. The van der Waals surface area contributed by atoms with Gasteiger partial charge in [0, 0.05) is 35.5 Å². The minimum atomic E-state index is -0.996. The van der Waals surface area contributed by atoms with Crippen molar-refractivity contribution in [2.75, 3.05) is 6.54 Å².